The van der Waals surface area contributed by atoms with Gasteiger partial charge in [-0.2, -0.15) is 0 Å². The average Bonchev–Trinajstić information content (AvgIpc) is 2.70. The Kier molecular flexibility index (Phi) is 3.47. The molecule has 3 heteroatoms. The largest absolute Gasteiger partial charge is 0.392 e. The Hall–Kier alpha value is -1.87. The number of aliphatic hydroxyl groups excluding tert-OH is 1. The highest BCUT2D eigenvalue weighted by atomic mass is 16.3. The van der Waals surface area contributed by atoms with Crippen LogP contribution >= 0.6 is 0 Å². The van der Waals surface area contributed by atoms with Crippen LogP contribution in [0.3, 0.4) is 0 Å². The molecule has 0 radical (unpaired) electrons. The molecular formula is C16H18N2O. The maximum absolute atomic E-state index is 9.43. The van der Waals surface area contributed by atoms with Crippen LogP contribution in [0.4, 0.5) is 5.82 Å². The van der Waals surface area contributed by atoms with Gasteiger partial charge in [-0.05, 0) is 30.0 Å². The van der Waals surface area contributed by atoms with Crippen LogP contribution in [0.15, 0.2) is 42.6 Å². The van der Waals surface area contributed by atoms with E-state index in [1.807, 2.05) is 12.1 Å². The number of benzene rings is 1. The molecule has 1 aliphatic heterocycles. The lowest BCUT2D eigenvalue weighted by atomic mass is 10.0. The summed E-state index contributed by atoms with van der Waals surface area (Å²) in [5, 5.41) is 9.43. The normalized spacial score (nSPS) is 14.9. The molecule has 1 N–H and O–H groups in total. The van der Waals surface area contributed by atoms with Crippen molar-refractivity contribution in [2.75, 3.05) is 18.0 Å². The summed E-state index contributed by atoms with van der Waals surface area (Å²) in [6.45, 7) is 1.97. The van der Waals surface area contributed by atoms with E-state index in [1.54, 1.807) is 6.20 Å². The molecule has 3 rings (SSSR count). The molecule has 0 atom stereocenters. The topological polar surface area (TPSA) is 36.4 Å². The van der Waals surface area contributed by atoms with Crippen molar-refractivity contribution in [1.82, 2.24) is 4.98 Å². The highest BCUT2D eigenvalue weighted by Gasteiger charge is 2.16. The lowest BCUT2D eigenvalue weighted by molar-refractivity contribution is 0.281. The summed E-state index contributed by atoms with van der Waals surface area (Å²) in [5.74, 6) is 0.929. The van der Waals surface area contributed by atoms with Crippen molar-refractivity contribution < 1.29 is 5.11 Å². The van der Waals surface area contributed by atoms with Crippen LogP contribution in [-0.4, -0.2) is 23.2 Å². The summed E-state index contributed by atoms with van der Waals surface area (Å²) in [4.78, 5) is 6.73. The van der Waals surface area contributed by atoms with E-state index in [2.05, 4.69) is 34.1 Å². The summed E-state index contributed by atoms with van der Waals surface area (Å²) in [6, 6.07) is 12.5. The standard InChI is InChI=1S/C16H18N2O/c19-12-15-6-3-9-17-16(15)18-10-7-13-4-1-2-5-14(13)8-11-18/h1-6,9,19H,7-8,10-12H2. The minimum atomic E-state index is 0.0482. The fourth-order valence-corrected chi connectivity index (χ4v) is 2.72. The third kappa shape index (κ3) is 2.47. The fraction of sp³-hybridized carbons (Fsp3) is 0.312. The predicted molar refractivity (Wildman–Crippen MR) is 76.2 cm³/mol. The Balaban J connectivity index is 1.85. The van der Waals surface area contributed by atoms with Gasteiger partial charge in [-0.15, -0.1) is 0 Å². The van der Waals surface area contributed by atoms with Crippen molar-refractivity contribution in [3.05, 3.63) is 59.3 Å². The van der Waals surface area contributed by atoms with Crippen LogP contribution in [0.25, 0.3) is 0 Å². The van der Waals surface area contributed by atoms with Crippen LogP contribution in [0, 0.1) is 0 Å². The number of rotatable bonds is 2. The van der Waals surface area contributed by atoms with E-state index >= 15 is 0 Å². The van der Waals surface area contributed by atoms with Gasteiger partial charge in [0.05, 0.1) is 6.61 Å². The van der Waals surface area contributed by atoms with E-state index in [9.17, 15) is 5.11 Å². The molecule has 0 saturated heterocycles. The molecule has 2 aromatic rings. The molecular weight excluding hydrogens is 236 g/mol. The number of anilines is 1. The second-order valence-corrected chi connectivity index (χ2v) is 4.90. The summed E-state index contributed by atoms with van der Waals surface area (Å²) >= 11 is 0. The lowest BCUT2D eigenvalue weighted by Crippen LogP contribution is -2.28. The van der Waals surface area contributed by atoms with Gasteiger partial charge in [-0.1, -0.05) is 30.3 Å². The van der Waals surface area contributed by atoms with Gasteiger partial charge in [-0.25, -0.2) is 4.98 Å². The van der Waals surface area contributed by atoms with Gasteiger partial charge < -0.3 is 10.0 Å². The Morgan fingerprint density at radius 1 is 1.00 bits per heavy atom. The van der Waals surface area contributed by atoms with Crippen LogP contribution in [0.1, 0.15) is 16.7 Å². The van der Waals surface area contributed by atoms with Crippen LogP contribution in [-0.2, 0) is 19.4 Å². The van der Waals surface area contributed by atoms with Crippen molar-refractivity contribution >= 4 is 5.82 Å². The number of aromatic nitrogens is 1. The Bertz CT molecular complexity index is 541. The molecule has 2 heterocycles. The number of pyridine rings is 1. The number of fused-ring (bicyclic) bond motifs is 1. The lowest BCUT2D eigenvalue weighted by Gasteiger charge is -2.23. The van der Waals surface area contributed by atoms with Crippen molar-refractivity contribution in [2.24, 2.45) is 0 Å². The first-order valence-electron chi connectivity index (χ1n) is 6.75. The molecule has 0 fully saturated rings. The SMILES string of the molecule is OCc1cccnc1N1CCc2ccccc2CC1. The highest BCUT2D eigenvalue weighted by Crippen LogP contribution is 2.22. The van der Waals surface area contributed by atoms with Gasteiger partial charge in [0.25, 0.3) is 0 Å². The summed E-state index contributed by atoms with van der Waals surface area (Å²) in [7, 11) is 0. The number of hydrogen-bond donors (Lipinski definition) is 1. The van der Waals surface area contributed by atoms with Crippen LogP contribution in [0.2, 0.25) is 0 Å². The molecule has 1 aliphatic rings. The first-order chi connectivity index (χ1) is 9.38. The Morgan fingerprint density at radius 2 is 1.68 bits per heavy atom. The van der Waals surface area contributed by atoms with Gasteiger partial charge in [0.15, 0.2) is 0 Å². The van der Waals surface area contributed by atoms with E-state index in [4.69, 9.17) is 0 Å². The fourth-order valence-electron chi connectivity index (χ4n) is 2.72. The molecule has 0 aliphatic carbocycles. The monoisotopic (exact) mass is 254 g/mol. The van der Waals surface area contributed by atoms with Crippen molar-refractivity contribution in [1.29, 1.82) is 0 Å². The van der Waals surface area contributed by atoms with Gasteiger partial charge in [0.2, 0.25) is 0 Å². The molecule has 0 spiro atoms. The predicted octanol–water partition coefficient (Wildman–Crippen LogP) is 2.18. The maximum atomic E-state index is 9.43. The zero-order valence-electron chi connectivity index (χ0n) is 10.9. The van der Waals surface area contributed by atoms with E-state index in [1.165, 1.54) is 11.1 Å². The summed E-state index contributed by atoms with van der Waals surface area (Å²) < 4.78 is 0. The van der Waals surface area contributed by atoms with E-state index < -0.39 is 0 Å². The first-order valence-corrected chi connectivity index (χ1v) is 6.75. The molecule has 98 valence electrons. The van der Waals surface area contributed by atoms with Crippen molar-refractivity contribution in [3.8, 4) is 0 Å². The molecule has 0 bridgehead atoms. The first kappa shape index (κ1) is 12.2. The minimum Gasteiger partial charge on any atom is -0.392 e. The Labute approximate surface area is 113 Å². The average molecular weight is 254 g/mol. The molecule has 0 saturated carbocycles. The molecule has 19 heavy (non-hydrogen) atoms. The molecule has 3 nitrogen and oxygen atoms in total. The second kappa shape index (κ2) is 5.41. The molecule has 1 aromatic heterocycles. The van der Waals surface area contributed by atoms with Crippen molar-refractivity contribution in [3.63, 3.8) is 0 Å². The number of hydrogen-bond acceptors (Lipinski definition) is 3. The van der Waals surface area contributed by atoms with E-state index in [-0.39, 0.29) is 6.61 Å². The summed E-state index contributed by atoms with van der Waals surface area (Å²) in [6.07, 6.45) is 3.88. The zero-order valence-corrected chi connectivity index (χ0v) is 10.9. The van der Waals surface area contributed by atoms with Crippen molar-refractivity contribution in [2.45, 2.75) is 19.4 Å². The van der Waals surface area contributed by atoms with Gasteiger partial charge in [0.1, 0.15) is 5.82 Å². The van der Waals surface area contributed by atoms with E-state index in [0.29, 0.717) is 0 Å². The third-order valence-electron chi connectivity index (χ3n) is 3.76. The molecule has 1 aromatic carbocycles. The minimum absolute atomic E-state index is 0.0482. The van der Waals surface area contributed by atoms with Crippen LogP contribution < -0.4 is 4.90 Å². The quantitative estimate of drug-likeness (QED) is 0.892. The smallest absolute Gasteiger partial charge is 0.134 e. The van der Waals surface area contributed by atoms with Gasteiger partial charge >= 0.3 is 0 Å². The van der Waals surface area contributed by atoms with E-state index in [0.717, 1.165) is 37.3 Å². The van der Waals surface area contributed by atoms with Gasteiger partial charge in [0, 0.05) is 24.8 Å². The maximum Gasteiger partial charge on any atom is 0.134 e. The second-order valence-electron chi connectivity index (χ2n) is 4.90. The Morgan fingerprint density at radius 3 is 2.32 bits per heavy atom. The number of aliphatic hydroxyl groups is 1. The van der Waals surface area contributed by atoms with Crippen LogP contribution in [0.5, 0.6) is 0 Å². The highest BCUT2D eigenvalue weighted by molar-refractivity contribution is 5.47. The van der Waals surface area contributed by atoms with Gasteiger partial charge in [-0.3, -0.25) is 0 Å². The summed E-state index contributed by atoms with van der Waals surface area (Å²) in [5.41, 5.74) is 3.78. The number of nitrogens with zero attached hydrogens (tertiary/aromatic N) is 2. The molecule has 0 unspecified atom stereocenters. The molecule has 0 amide bonds. The third-order valence-corrected chi connectivity index (χ3v) is 3.76. The zero-order chi connectivity index (χ0) is 13.1.